The van der Waals surface area contributed by atoms with Gasteiger partial charge in [0, 0.05) is 29.6 Å². The van der Waals surface area contributed by atoms with Crippen LogP contribution in [0.5, 0.6) is 5.75 Å². The molecular formula is C15H13ClN4O4. The molecule has 0 heterocycles. The van der Waals surface area contributed by atoms with Gasteiger partial charge in [-0.3, -0.25) is 14.9 Å². The highest BCUT2D eigenvalue weighted by atomic mass is 35.5. The van der Waals surface area contributed by atoms with Gasteiger partial charge in [-0.1, -0.05) is 11.6 Å². The fourth-order valence-electron chi connectivity index (χ4n) is 1.86. The van der Waals surface area contributed by atoms with Crippen LogP contribution < -0.4 is 16.8 Å². The third-order valence-electron chi connectivity index (χ3n) is 3.04. The van der Waals surface area contributed by atoms with Gasteiger partial charge in [-0.05, 0) is 29.8 Å². The summed E-state index contributed by atoms with van der Waals surface area (Å²) in [6, 6.07) is 6.79. The summed E-state index contributed by atoms with van der Waals surface area (Å²) in [6.45, 7) is 0. The molecule has 0 aliphatic heterocycles. The highest BCUT2D eigenvalue weighted by Crippen LogP contribution is 2.36. The Kier molecular flexibility index (Phi) is 4.90. The maximum atomic E-state index is 11.9. The smallest absolute Gasteiger partial charge is 0.273 e. The Morgan fingerprint density at radius 1 is 1.29 bits per heavy atom. The van der Waals surface area contributed by atoms with Gasteiger partial charge in [0.25, 0.3) is 5.69 Å². The first-order valence-corrected chi connectivity index (χ1v) is 6.96. The van der Waals surface area contributed by atoms with E-state index < -0.39 is 16.6 Å². The molecule has 24 heavy (non-hydrogen) atoms. The Balaban J connectivity index is 2.22. The molecule has 0 aliphatic carbocycles. The monoisotopic (exact) mass is 348 g/mol. The predicted octanol–water partition coefficient (Wildman–Crippen LogP) is 2.77. The molecule has 2 rings (SSSR count). The minimum absolute atomic E-state index is 0.176. The molecule has 0 spiro atoms. The number of carbonyl (C=O) groups excluding carboxylic acids is 1. The van der Waals surface area contributed by atoms with Crippen molar-refractivity contribution in [1.82, 2.24) is 0 Å². The molecule has 0 aliphatic rings. The normalized spacial score (nSPS) is 10.7. The van der Waals surface area contributed by atoms with Crippen molar-refractivity contribution in [2.24, 2.45) is 0 Å². The van der Waals surface area contributed by atoms with Crippen molar-refractivity contribution in [3.05, 3.63) is 57.1 Å². The average molecular weight is 349 g/mol. The number of carbonyl (C=O) groups is 1. The number of nitrogens with zero attached hydrogens (tertiary/aromatic N) is 1. The molecule has 8 nitrogen and oxygen atoms in total. The Morgan fingerprint density at radius 2 is 2.00 bits per heavy atom. The number of phenolic OH excluding ortho intramolecular Hbond substituents is 1. The van der Waals surface area contributed by atoms with Gasteiger partial charge in [0.15, 0.2) is 5.75 Å². The summed E-state index contributed by atoms with van der Waals surface area (Å²) < 4.78 is 0. The van der Waals surface area contributed by atoms with Gasteiger partial charge >= 0.3 is 0 Å². The van der Waals surface area contributed by atoms with E-state index in [0.717, 1.165) is 18.2 Å². The summed E-state index contributed by atoms with van der Waals surface area (Å²) in [5.41, 5.74) is 12.3. The van der Waals surface area contributed by atoms with E-state index in [9.17, 15) is 20.0 Å². The lowest BCUT2D eigenvalue weighted by atomic mass is 10.1. The zero-order valence-electron chi connectivity index (χ0n) is 12.2. The molecule has 2 aromatic rings. The topological polar surface area (TPSA) is 145 Å². The van der Waals surface area contributed by atoms with E-state index in [1.807, 2.05) is 0 Å². The largest absolute Gasteiger partial charge is 0.504 e. The molecule has 0 fully saturated rings. The van der Waals surface area contributed by atoms with E-state index >= 15 is 0 Å². The van der Waals surface area contributed by atoms with E-state index in [2.05, 4.69) is 5.32 Å². The van der Waals surface area contributed by atoms with Crippen LogP contribution in [0.25, 0.3) is 6.08 Å². The zero-order chi connectivity index (χ0) is 17.9. The van der Waals surface area contributed by atoms with Crippen molar-refractivity contribution in [3.8, 4) is 5.75 Å². The summed E-state index contributed by atoms with van der Waals surface area (Å²) in [4.78, 5) is 22.0. The molecule has 0 unspecified atom stereocenters. The highest BCUT2D eigenvalue weighted by molar-refractivity contribution is 6.33. The van der Waals surface area contributed by atoms with Crippen molar-refractivity contribution in [1.29, 1.82) is 0 Å². The maximum absolute atomic E-state index is 11.9. The van der Waals surface area contributed by atoms with E-state index in [1.165, 1.54) is 6.08 Å². The molecule has 6 N–H and O–H groups in total. The van der Waals surface area contributed by atoms with E-state index in [0.29, 0.717) is 16.9 Å². The van der Waals surface area contributed by atoms with Gasteiger partial charge < -0.3 is 21.9 Å². The summed E-state index contributed by atoms with van der Waals surface area (Å²) >= 11 is 5.70. The van der Waals surface area contributed by atoms with Crippen molar-refractivity contribution in [2.45, 2.75) is 0 Å². The number of nitrogens with one attached hydrogen (secondary N) is 1. The minimum Gasteiger partial charge on any atom is -0.504 e. The molecule has 0 aromatic heterocycles. The molecule has 2 aromatic carbocycles. The standard InChI is InChI=1S/C15H13ClN4O4/c16-11-6-10(20(23)24)7-13(15(11)22)19-14(21)4-1-8-5-9(17)2-3-12(8)18/h1-7,22H,17-18H2,(H,19,21)/b4-1-. The highest BCUT2D eigenvalue weighted by Gasteiger charge is 2.16. The van der Waals surface area contributed by atoms with Gasteiger partial charge in [0.2, 0.25) is 5.91 Å². The third-order valence-corrected chi connectivity index (χ3v) is 3.33. The molecule has 0 radical (unpaired) electrons. The first kappa shape index (κ1) is 17.1. The molecule has 124 valence electrons. The van der Waals surface area contributed by atoms with Gasteiger partial charge in [0.05, 0.1) is 15.6 Å². The number of non-ortho nitro benzene ring substituents is 1. The lowest BCUT2D eigenvalue weighted by molar-refractivity contribution is -0.384. The molecule has 0 atom stereocenters. The van der Waals surface area contributed by atoms with Crippen LogP contribution in [0.1, 0.15) is 5.56 Å². The number of rotatable bonds is 4. The zero-order valence-corrected chi connectivity index (χ0v) is 12.9. The number of nitrogens with two attached hydrogens (primary N) is 2. The number of anilines is 3. The fourth-order valence-corrected chi connectivity index (χ4v) is 2.08. The second-order valence-electron chi connectivity index (χ2n) is 4.79. The molecule has 1 amide bonds. The van der Waals surface area contributed by atoms with Crippen molar-refractivity contribution in [3.63, 3.8) is 0 Å². The first-order valence-electron chi connectivity index (χ1n) is 6.59. The quantitative estimate of drug-likeness (QED) is 0.220. The van der Waals surface area contributed by atoms with Gasteiger partial charge in [0.1, 0.15) is 0 Å². The van der Waals surface area contributed by atoms with Gasteiger partial charge in [-0.25, -0.2) is 0 Å². The van der Waals surface area contributed by atoms with Crippen molar-refractivity contribution < 1.29 is 14.8 Å². The molecule has 0 saturated carbocycles. The van der Waals surface area contributed by atoms with E-state index in [1.54, 1.807) is 18.2 Å². The van der Waals surface area contributed by atoms with Crippen LogP contribution >= 0.6 is 11.6 Å². The van der Waals surface area contributed by atoms with Crippen molar-refractivity contribution in [2.75, 3.05) is 16.8 Å². The van der Waals surface area contributed by atoms with Crippen LogP contribution in [0.4, 0.5) is 22.7 Å². The Hall–Kier alpha value is -3.26. The number of benzene rings is 2. The SMILES string of the molecule is Nc1ccc(N)c(/C=C\C(=O)Nc2cc([N+](=O)[O-])cc(Cl)c2O)c1. The third kappa shape index (κ3) is 3.93. The lowest BCUT2D eigenvalue weighted by Crippen LogP contribution is -2.08. The van der Waals surface area contributed by atoms with Crippen LogP contribution in [0, 0.1) is 10.1 Å². The van der Waals surface area contributed by atoms with Gasteiger partial charge in [-0.15, -0.1) is 0 Å². The second-order valence-corrected chi connectivity index (χ2v) is 5.20. The predicted molar refractivity (Wildman–Crippen MR) is 92.7 cm³/mol. The van der Waals surface area contributed by atoms with Gasteiger partial charge in [-0.2, -0.15) is 0 Å². The van der Waals surface area contributed by atoms with E-state index in [4.69, 9.17) is 23.1 Å². The number of nitro benzene ring substituents is 1. The Bertz CT molecular complexity index is 852. The lowest BCUT2D eigenvalue weighted by Gasteiger charge is -2.07. The van der Waals surface area contributed by atoms with Crippen molar-refractivity contribution >= 4 is 46.3 Å². The molecular weight excluding hydrogens is 336 g/mol. The number of phenols is 1. The van der Waals surface area contributed by atoms with Crippen LogP contribution in [0.3, 0.4) is 0 Å². The minimum atomic E-state index is -0.690. The maximum Gasteiger partial charge on any atom is 0.273 e. The van der Waals surface area contributed by atoms with Crippen LogP contribution in [-0.2, 0) is 4.79 Å². The summed E-state index contributed by atoms with van der Waals surface area (Å²) in [5.74, 6) is -1.10. The van der Waals surface area contributed by atoms with Crippen LogP contribution in [0.2, 0.25) is 5.02 Å². The average Bonchev–Trinajstić information content (AvgIpc) is 2.52. The Labute approximate surface area is 141 Å². The number of halogens is 1. The summed E-state index contributed by atoms with van der Waals surface area (Å²) in [7, 11) is 0. The van der Waals surface area contributed by atoms with E-state index in [-0.39, 0.29) is 16.4 Å². The number of amides is 1. The van der Waals surface area contributed by atoms with Crippen LogP contribution in [0.15, 0.2) is 36.4 Å². The number of aromatic hydroxyl groups is 1. The Morgan fingerprint density at radius 3 is 2.67 bits per heavy atom. The number of hydrogen-bond donors (Lipinski definition) is 4. The summed E-state index contributed by atoms with van der Waals surface area (Å²) in [5, 5.41) is 22.7. The molecule has 0 bridgehead atoms. The number of nitrogen functional groups attached to an aromatic ring is 2. The van der Waals surface area contributed by atoms with Crippen LogP contribution in [-0.4, -0.2) is 15.9 Å². The second kappa shape index (κ2) is 6.88. The first-order chi connectivity index (χ1) is 11.3. The number of nitro groups is 1. The summed E-state index contributed by atoms with van der Waals surface area (Å²) in [6.07, 6.45) is 2.58. The number of hydrogen-bond acceptors (Lipinski definition) is 6. The molecule has 0 saturated heterocycles. The fraction of sp³-hybridized carbons (Fsp3) is 0. The molecule has 9 heteroatoms.